The first-order valence-electron chi connectivity index (χ1n) is 14.4. The number of ether oxygens (including phenoxy) is 1. The third-order valence-corrected chi connectivity index (χ3v) is 11.5. The van der Waals surface area contributed by atoms with Gasteiger partial charge in [-0.2, -0.15) is 0 Å². The zero-order valence-electron chi connectivity index (χ0n) is 25.3. The van der Waals surface area contributed by atoms with Gasteiger partial charge in [-0.15, -0.1) is 0 Å². The SMILES string of the molecule is CC(=O)OC(C)(C)/C=C/C(=O)[C@](C)(O)C1[C@H](O)C[C@@]2(C)[C@@H]3CC=C4[C@@H](C[C@H](O)C(=O)C4(C)C)[C@]3(C)C(=O)C[C@]12C. The molecule has 0 aromatic rings. The number of carbonyl (C=O) groups is 4. The van der Waals surface area contributed by atoms with Crippen LogP contribution in [-0.2, 0) is 23.9 Å². The normalized spacial score (nSPS) is 42.4. The van der Waals surface area contributed by atoms with Crippen molar-refractivity contribution < 1.29 is 39.2 Å². The number of Topliss-reactive ketones (excluding diaryl/α,β-unsaturated/α-hetero) is 2. The van der Waals surface area contributed by atoms with Crippen molar-refractivity contribution in [2.24, 2.45) is 39.4 Å². The first-order chi connectivity index (χ1) is 18.1. The van der Waals surface area contributed by atoms with Crippen molar-refractivity contribution in [1.82, 2.24) is 0 Å². The van der Waals surface area contributed by atoms with E-state index in [-0.39, 0.29) is 36.2 Å². The van der Waals surface area contributed by atoms with Gasteiger partial charge < -0.3 is 20.1 Å². The maximum Gasteiger partial charge on any atom is 0.303 e. The number of allylic oxidation sites excluding steroid dienone is 2. The van der Waals surface area contributed by atoms with E-state index >= 15 is 0 Å². The lowest BCUT2D eigenvalue weighted by atomic mass is 9.38. The number of rotatable bonds is 5. The molecule has 0 aromatic heterocycles. The maximum atomic E-state index is 14.3. The second kappa shape index (κ2) is 9.17. The van der Waals surface area contributed by atoms with Crippen molar-refractivity contribution in [3.63, 3.8) is 0 Å². The second-order valence-corrected chi connectivity index (χ2v) is 14.8. The van der Waals surface area contributed by atoms with E-state index in [4.69, 9.17) is 4.74 Å². The molecule has 8 heteroatoms. The van der Waals surface area contributed by atoms with Crippen LogP contribution in [0.5, 0.6) is 0 Å². The van der Waals surface area contributed by atoms with Crippen molar-refractivity contribution in [3.05, 3.63) is 23.8 Å². The Kier molecular flexibility index (Phi) is 7.06. The number of ketones is 3. The summed E-state index contributed by atoms with van der Waals surface area (Å²) in [5, 5.41) is 34.0. The molecular weight excluding hydrogens is 512 g/mol. The monoisotopic (exact) mass is 558 g/mol. The summed E-state index contributed by atoms with van der Waals surface area (Å²) in [6.45, 7) is 15.4. The molecule has 0 amide bonds. The molecule has 40 heavy (non-hydrogen) atoms. The third kappa shape index (κ3) is 4.11. The number of aliphatic hydroxyl groups is 3. The molecule has 0 heterocycles. The van der Waals surface area contributed by atoms with Crippen LogP contribution in [0.1, 0.15) is 88.0 Å². The van der Waals surface area contributed by atoms with Crippen LogP contribution < -0.4 is 0 Å². The summed E-state index contributed by atoms with van der Waals surface area (Å²) >= 11 is 0. The van der Waals surface area contributed by atoms with Crippen molar-refractivity contribution in [2.75, 3.05) is 0 Å². The minimum absolute atomic E-state index is 0.0284. The van der Waals surface area contributed by atoms with Crippen molar-refractivity contribution in [2.45, 2.75) is 111 Å². The summed E-state index contributed by atoms with van der Waals surface area (Å²) in [6, 6.07) is 0. The Hall–Kier alpha value is -2.16. The van der Waals surface area contributed by atoms with E-state index in [9.17, 15) is 34.5 Å². The van der Waals surface area contributed by atoms with Crippen LogP contribution in [0, 0.1) is 39.4 Å². The highest BCUT2D eigenvalue weighted by Gasteiger charge is 2.74. The zero-order valence-corrected chi connectivity index (χ0v) is 25.3. The van der Waals surface area contributed by atoms with Gasteiger partial charge in [0.15, 0.2) is 11.6 Å². The Morgan fingerprint density at radius 2 is 1.65 bits per heavy atom. The number of fused-ring (bicyclic) bond motifs is 5. The highest BCUT2D eigenvalue weighted by atomic mass is 16.6. The van der Waals surface area contributed by atoms with Crippen LogP contribution >= 0.6 is 0 Å². The van der Waals surface area contributed by atoms with E-state index in [1.165, 1.54) is 26.0 Å². The maximum absolute atomic E-state index is 14.3. The molecule has 1 unspecified atom stereocenters. The van der Waals surface area contributed by atoms with Gasteiger partial charge in [-0.25, -0.2) is 0 Å². The smallest absolute Gasteiger partial charge is 0.303 e. The average molecular weight is 559 g/mol. The molecule has 0 aromatic carbocycles. The van der Waals surface area contributed by atoms with Crippen LogP contribution in [0.3, 0.4) is 0 Å². The molecule has 0 spiro atoms. The molecule has 0 saturated heterocycles. The highest BCUT2D eigenvalue weighted by Crippen LogP contribution is 2.74. The van der Waals surface area contributed by atoms with E-state index in [1.54, 1.807) is 13.8 Å². The summed E-state index contributed by atoms with van der Waals surface area (Å²) in [6.07, 6.45) is 3.55. The Morgan fingerprint density at radius 3 is 2.23 bits per heavy atom. The van der Waals surface area contributed by atoms with Gasteiger partial charge in [-0.3, -0.25) is 19.2 Å². The van der Waals surface area contributed by atoms with E-state index in [0.29, 0.717) is 12.8 Å². The van der Waals surface area contributed by atoms with E-state index in [1.807, 2.05) is 27.7 Å². The second-order valence-electron chi connectivity index (χ2n) is 14.8. The number of esters is 1. The zero-order chi connectivity index (χ0) is 30.4. The fourth-order valence-corrected chi connectivity index (χ4v) is 9.40. The van der Waals surface area contributed by atoms with E-state index < -0.39 is 62.7 Å². The average Bonchev–Trinajstić information content (AvgIpc) is 3.01. The Labute approximate surface area is 237 Å². The molecule has 0 aliphatic heterocycles. The topological polar surface area (TPSA) is 138 Å². The van der Waals surface area contributed by atoms with Crippen molar-refractivity contribution in [3.8, 4) is 0 Å². The summed E-state index contributed by atoms with van der Waals surface area (Å²) in [5.41, 5.74) is -5.43. The molecule has 4 aliphatic carbocycles. The molecular formula is C32H46O8. The minimum atomic E-state index is -1.99. The summed E-state index contributed by atoms with van der Waals surface area (Å²) < 4.78 is 5.23. The van der Waals surface area contributed by atoms with Crippen LogP contribution in [-0.4, -0.2) is 62.0 Å². The number of hydrogen-bond donors (Lipinski definition) is 3. The largest absolute Gasteiger partial charge is 0.456 e. The molecule has 3 N–H and O–H groups in total. The van der Waals surface area contributed by atoms with Crippen LogP contribution in [0.4, 0.5) is 0 Å². The lowest BCUT2D eigenvalue weighted by Crippen LogP contribution is -2.65. The molecule has 0 bridgehead atoms. The third-order valence-electron chi connectivity index (χ3n) is 11.5. The predicted molar refractivity (Wildman–Crippen MR) is 148 cm³/mol. The van der Waals surface area contributed by atoms with Crippen molar-refractivity contribution >= 4 is 23.3 Å². The first kappa shape index (κ1) is 30.8. The van der Waals surface area contributed by atoms with Gasteiger partial charge in [0.2, 0.25) is 0 Å². The van der Waals surface area contributed by atoms with E-state index in [0.717, 1.165) is 5.57 Å². The van der Waals surface area contributed by atoms with Crippen molar-refractivity contribution in [1.29, 1.82) is 0 Å². The van der Waals surface area contributed by atoms with Gasteiger partial charge in [-0.05, 0) is 88.7 Å². The Morgan fingerprint density at radius 1 is 1.05 bits per heavy atom. The lowest BCUT2D eigenvalue weighted by molar-refractivity contribution is -0.183. The molecule has 0 radical (unpaired) electrons. The number of carbonyl (C=O) groups excluding carboxylic acids is 4. The first-order valence-corrected chi connectivity index (χ1v) is 14.4. The van der Waals surface area contributed by atoms with Gasteiger partial charge in [0, 0.05) is 30.1 Å². The molecule has 4 aliphatic rings. The van der Waals surface area contributed by atoms with Gasteiger partial charge >= 0.3 is 5.97 Å². The van der Waals surface area contributed by atoms with E-state index in [2.05, 4.69) is 13.0 Å². The Balaban J connectivity index is 1.75. The predicted octanol–water partition coefficient (Wildman–Crippen LogP) is 3.50. The lowest BCUT2D eigenvalue weighted by Gasteiger charge is -2.64. The molecule has 4 rings (SSSR count). The standard InChI is InChI=1S/C32H46O8/c1-17(33)40-27(2,3)13-12-23(36)32(9,39)25-21(35)15-29(6)22-11-10-18-19(14-20(34)26(38)28(18,4)5)31(22,8)24(37)16-30(25,29)7/h10,12-13,19-22,25,34-35,39H,11,14-16H2,1-9H3/b13-12+/t19-,20+,21-,22+,25?,29+,30-,31+,32+/m1/s1. The molecule has 222 valence electrons. The summed E-state index contributed by atoms with van der Waals surface area (Å²) in [5.74, 6) is -2.85. The number of hydrogen-bond acceptors (Lipinski definition) is 8. The molecule has 3 fully saturated rings. The quantitative estimate of drug-likeness (QED) is 0.265. The molecule has 3 saturated carbocycles. The van der Waals surface area contributed by atoms with Gasteiger partial charge in [0.25, 0.3) is 0 Å². The highest BCUT2D eigenvalue weighted by molar-refractivity contribution is 5.98. The van der Waals surface area contributed by atoms with Crippen LogP contribution in [0.25, 0.3) is 0 Å². The summed E-state index contributed by atoms with van der Waals surface area (Å²) in [4.78, 5) is 52.1. The number of aliphatic hydroxyl groups excluding tert-OH is 2. The summed E-state index contributed by atoms with van der Waals surface area (Å²) in [7, 11) is 0. The molecule has 8 nitrogen and oxygen atoms in total. The van der Waals surface area contributed by atoms with Gasteiger partial charge in [0.05, 0.1) is 6.10 Å². The van der Waals surface area contributed by atoms with Crippen LogP contribution in [0.15, 0.2) is 23.8 Å². The fraction of sp³-hybridized carbons (Fsp3) is 0.750. The Bertz CT molecular complexity index is 1210. The van der Waals surface area contributed by atoms with Gasteiger partial charge in [0.1, 0.15) is 23.1 Å². The minimum Gasteiger partial charge on any atom is -0.456 e. The van der Waals surface area contributed by atoms with Crippen LogP contribution in [0.2, 0.25) is 0 Å². The van der Waals surface area contributed by atoms with Gasteiger partial charge in [-0.1, -0.05) is 32.4 Å². The fourth-order valence-electron chi connectivity index (χ4n) is 9.40. The molecule has 9 atom stereocenters.